The lowest BCUT2D eigenvalue weighted by Crippen LogP contribution is -2.53. The lowest BCUT2D eigenvalue weighted by molar-refractivity contribution is -0.120. The number of amides is 3. The molecule has 9 heteroatoms. The molecule has 6 nitrogen and oxygen atoms in total. The molecule has 0 saturated heterocycles. The Labute approximate surface area is 152 Å². The van der Waals surface area contributed by atoms with Crippen LogP contribution in [0.5, 0.6) is 11.5 Å². The Kier molecular flexibility index (Phi) is 4.93. The third-order valence-corrected chi connectivity index (χ3v) is 4.22. The van der Waals surface area contributed by atoms with Gasteiger partial charge in [-0.1, -0.05) is 12.1 Å². The van der Waals surface area contributed by atoms with Crippen LogP contribution in [0.3, 0.4) is 0 Å². The van der Waals surface area contributed by atoms with Crippen LogP contribution in [0.4, 0.5) is 23.7 Å². The first-order chi connectivity index (χ1) is 12.8. The Balaban J connectivity index is 2.01. The molecular formula is C18H16F3N3O3. The van der Waals surface area contributed by atoms with Crippen LogP contribution in [-0.2, 0) is 11.2 Å². The maximum Gasteiger partial charge on any atom is 0.312 e. The SMILES string of the molecule is CN1C(=O)[C@H](NC(N)=O)Cc2cccc(Oc3cc(F)ccc3C(F)F)c21. The quantitative estimate of drug-likeness (QED) is 0.856. The Hall–Kier alpha value is -3.23. The third-order valence-electron chi connectivity index (χ3n) is 4.22. The van der Waals surface area contributed by atoms with E-state index in [1.54, 1.807) is 12.1 Å². The van der Waals surface area contributed by atoms with Gasteiger partial charge in [-0.05, 0) is 23.8 Å². The lowest BCUT2D eigenvalue weighted by Gasteiger charge is -2.32. The van der Waals surface area contributed by atoms with E-state index in [2.05, 4.69) is 5.32 Å². The molecule has 2 aromatic rings. The molecule has 2 aromatic carbocycles. The Morgan fingerprint density at radius 1 is 1.30 bits per heavy atom. The van der Waals surface area contributed by atoms with Gasteiger partial charge in [0.05, 0.1) is 11.3 Å². The third kappa shape index (κ3) is 3.67. The van der Waals surface area contributed by atoms with Crippen LogP contribution in [0.15, 0.2) is 36.4 Å². The first kappa shape index (κ1) is 18.6. The molecule has 0 bridgehead atoms. The number of rotatable bonds is 4. The number of anilines is 1. The number of hydrogen-bond donors (Lipinski definition) is 2. The minimum Gasteiger partial charge on any atom is -0.455 e. The number of likely N-dealkylation sites (N-methyl/N-ethyl adjacent to an activating group) is 1. The zero-order chi connectivity index (χ0) is 19.7. The predicted octanol–water partition coefficient (Wildman–Crippen LogP) is 3.11. The van der Waals surface area contributed by atoms with Crippen LogP contribution in [-0.4, -0.2) is 25.0 Å². The first-order valence-corrected chi connectivity index (χ1v) is 7.98. The van der Waals surface area contributed by atoms with E-state index in [0.29, 0.717) is 11.3 Å². The molecule has 27 heavy (non-hydrogen) atoms. The highest BCUT2D eigenvalue weighted by Crippen LogP contribution is 2.40. The van der Waals surface area contributed by atoms with Gasteiger partial charge in [-0.2, -0.15) is 0 Å². The van der Waals surface area contributed by atoms with E-state index >= 15 is 0 Å². The van der Waals surface area contributed by atoms with Crippen LogP contribution < -0.4 is 20.7 Å². The zero-order valence-corrected chi connectivity index (χ0v) is 14.2. The fourth-order valence-electron chi connectivity index (χ4n) is 3.03. The summed E-state index contributed by atoms with van der Waals surface area (Å²) in [7, 11) is 1.46. The summed E-state index contributed by atoms with van der Waals surface area (Å²) < 4.78 is 45.5. The fourth-order valence-corrected chi connectivity index (χ4v) is 3.03. The number of para-hydroxylation sites is 1. The minimum absolute atomic E-state index is 0.119. The minimum atomic E-state index is -2.86. The molecule has 0 radical (unpaired) electrons. The predicted molar refractivity (Wildman–Crippen MR) is 91.5 cm³/mol. The molecule has 0 aromatic heterocycles. The van der Waals surface area contributed by atoms with Gasteiger partial charge in [-0.15, -0.1) is 0 Å². The number of halogens is 3. The lowest BCUT2D eigenvalue weighted by atomic mass is 9.97. The van der Waals surface area contributed by atoms with Crippen molar-refractivity contribution in [3.63, 3.8) is 0 Å². The van der Waals surface area contributed by atoms with Crippen molar-refractivity contribution >= 4 is 17.6 Å². The number of carbonyl (C=O) groups is 2. The van der Waals surface area contributed by atoms with E-state index in [9.17, 15) is 22.8 Å². The molecule has 3 amide bonds. The fraction of sp³-hybridized carbons (Fsp3) is 0.222. The molecule has 1 aliphatic heterocycles. The molecule has 0 spiro atoms. The Morgan fingerprint density at radius 3 is 2.70 bits per heavy atom. The summed E-state index contributed by atoms with van der Waals surface area (Å²) in [4.78, 5) is 24.8. The molecule has 1 aliphatic rings. The summed E-state index contributed by atoms with van der Waals surface area (Å²) in [5.74, 6) is -1.38. The van der Waals surface area contributed by atoms with Crippen molar-refractivity contribution in [3.05, 3.63) is 53.3 Å². The number of nitrogens with zero attached hydrogens (tertiary/aromatic N) is 1. The van der Waals surface area contributed by atoms with Crippen LogP contribution in [0.25, 0.3) is 0 Å². The van der Waals surface area contributed by atoms with E-state index in [-0.39, 0.29) is 17.9 Å². The van der Waals surface area contributed by atoms with Crippen molar-refractivity contribution in [2.45, 2.75) is 18.9 Å². The Bertz CT molecular complexity index is 905. The first-order valence-electron chi connectivity index (χ1n) is 7.98. The molecule has 1 heterocycles. The second-order valence-corrected chi connectivity index (χ2v) is 6.01. The maximum absolute atomic E-state index is 13.5. The van der Waals surface area contributed by atoms with E-state index in [1.807, 2.05) is 0 Å². The van der Waals surface area contributed by atoms with Gasteiger partial charge < -0.3 is 20.7 Å². The van der Waals surface area contributed by atoms with Crippen molar-refractivity contribution in [1.29, 1.82) is 0 Å². The molecule has 142 valence electrons. The van der Waals surface area contributed by atoms with Gasteiger partial charge >= 0.3 is 6.03 Å². The van der Waals surface area contributed by atoms with Gasteiger partial charge in [0.1, 0.15) is 17.6 Å². The van der Waals surface area contributed by atoms with Gasteiger partial charge in [-0.25, -0.2) is 18.0 Å². The Morgan fingerprint density at radius 2 is 2.04 bits per heavy atom. The monoisotopic (exact) mass is 379 g/mol. The van der Waals surface area contributed by atoms with E-state index in [0.717, 1.165) is 18.2 Å². The molecule has 0 saturated carbocycles. The smallest absolute Gasteiger partial charge is 0.312 e. The number of carbonyl (C=O) groups excluding carboxylic acids is 2. The van der Waals surface area contributed by atoms with Crippen LogP contribution in [0, 0.1) is 5.82 Å². The van der Waals surface area contributed by atoms with Crippen LogP contribution >= 0.6 is 0 Å². The summed E-state index contributed by atoms with van der Waals surface area (Å²) in [6, 6.07) is 5.87. The van der Waals surface area contributed by atoms with Gasteiger partial charge in [0.25, 0.3) is 6.43 Å². The molecule has 0 unspecified atom stereocenters. The van der Waals surface area contributed by atoms with E-state index in [4.69, 9.17) is 10.5 Å². The summed E-state index contributed by atoms with van der Waals surface area (Å²) in [6.45, 7) is 0. The standard InChI is InChI=1S/C18H16F3N3O3/c1-24-15-9(7-12(17(24)25)23-18(22)26)3-2-4-13(15)27-14-8-10(19)5-6-11(14)16(20)21/h2-6,8,12,16H,7H2,1H3,(H3,22,23,26)/t12-/m1/s1. The maximum atomic E-state index is 13.5. The largest absolute Gasteiger partial charge is 0.455 e. The highest BCUT2D eigenvalue weighted by molar-refractivity contribution is 6.02. The second-order valence-electron chi connectivity index (χ2n) is 6.01. The summed E-state index contributed by atoms with van der Waals surface area (Å²) in [5.41, 5.74) is 5.62. The number of fused-ring (bicyclic) bond motifs is 1. The highest BCUT2D eigenvalue weighted by atomic mass is 19.3. The van der Waals surface area contributed by atoms with E-state index in [1.165, 1.54) is 18.0 Å². The summed E-state index contributed by atoms with van der Waals surface area (Å²) in [6.07, 6.45) is -2.70. The summed E-state index contributed by atoms with van der Waals surface area (Å²) >= 11 is 0. The molecule has 3 rings (SSSR count). The average molecular weight is 379 g/mol. The topological polar surface area (TPSA) is 84.7 Å². The number of urea groups is 1. The highest BCUT2D eigenvalue weighted by Gasteiger charge is 2.33. The molecule has 3 N–H and O–H groups in total. The number of nitrogens with one attached hydrogen (secondary N) is 1. The molecule has 0 fully saturated rings. The van der Waals surface area contributed by atoms with Crippen molar-refractivity contribution in [2.24, 2.45) is 5.73 Å². The van der Waals surface area contributed by atoms with Crippen molar-refractivity contribution in [3.8, 4) is 11.5 Å². The van der Waals surface area contributed by atoms with Gasteiger partial charge in [-0.3, -0.25) is 4.79 Å². The van der Waals surface area contributed by atoms with Crippen LogP contribution in [0.1, 0.15) is 17.6 Å². The van der Waals surface area contributed by atoms with Crippen LogP contribution in [0.2, 0.25) is 0 Å². The van der Waals surface area contributed by atoms with Gasteiger partial charge in [0.2, 0.25) is 5.91 Å². The van der Waals surface area contributed by atoms with Gasteiger partial charge in [0, 0.05) is 19.5 Å². The van der Waals surface area contributed by atoms with Gasteiger partial charge in [0.15, 0.2) is 5.75 Å². The number of primary amides is 1. The van der Waals surface area contributed by atoms with E-state index < -0.39 is 35.8 Å². The number of benzene rings is 2. The number of hydrogen-bond acceptors (Lipinski definition) is 3. The zero-order valence-electron chi connectivity index (χ0n) is 14.2. The number of nitrogens with two attached hydrogens (primary N) is 1. The van der Waals surface area contributed by atoms with Crippen molar-refractivity contribution in [2.75, 3.05) is 11.9 Å². The second kappa shape index (κ2) is 7.18. The van der Waals surface area contributed by atoms with Crippen molar-refractivity contribution in [1.82, 2.24) is 5.32 Å². The number of alkyl halides is 2. The molecule has 0 aliphatic carbocycles. The summed E-state index contributed by atoms with van der Waals surface area (Å²) in [5, 5.41) is 2.36. The normalized spacial score (nSPS) is 16.3. The molecular weight excluding hydrogens is 363 g/mol. The van der Waals surface area contributed by atoms with Crippen molar-refractivity contribution < 1.29 is 27.5 Å². The molecule has 1 atom stereocenters. The number of ether oxygens (including phenoxy) is 1. The average Bonchev–Trinajstić information content (AvgIpc) is 2.58.